The molecule has 0 spiro atoms. The molecule has 1 fully saturated rings. The van der Waals surface area contributed by atoms with Crippen LogP contribution in [0, 0.1) is 0 Å². The monoisotopic (exact) mass is 356 g/mol. The largest absolute Gasteiger partial charge is 0.495 e. The van der Waals surface area contributed by atoms with E-state index in [-0.39, 0.29) is 10.8 Å². The molecule has 2 N–H and O–H groups in total. The number of amides is 1. The summed E-state index contributed by atoms with van der Waals surface area (Å²) in [6, 6.07) is 4.53. The van der Waals surface area contributed by atoms with Crippen molar-refractivity contribution in [1.82, 2.24) is 4.31 Å². The highest BCUT2D eigenvalue weighted by atomic mass is 32.2. The minimum absolute atomic E-state index is 0.187. The van der Waals surface area contributed by atoms with Gasteiger partial charge >= 0.3 is 0 Å². The first kappa shape index (κ1) is 18.7. The predicted octanol–water partition coefficient (Wildman–Crippen LogP) is -0.0472. The van der Waals surface area contributed by atoms with Gasteiger partial charge in [-0.15, -0.1) is 0 Å². The SMILES string of the molecule is CCC[NH+]1CCN(S(=O)(=O)c2ccc(NC(C)=O)c(OC)c2)CC1. The summed E-state index contributed by atoms with van der Waals surface area (Å²) in [5.74, 6) is 0.0976. The zero-order valence-corrected chi connectivity index (χ0v) is 15.3. The van der Waals surface area contributed by atoms with Crippen LogP contribution in [0.5, 0.6) is 5.75 Å². The van der Waals surface area contributed by atoms with E-state index in [1.165, 1.54) is 35.4 Å². The van der Waals surface area contributed by atoms with E-state index in [2.05, 4.69) is 12.2 Å². The molecule has 0 saturated carbocycles. The minimum Gasteiger partial charge on any atom is -0.495 e. The number of methoxy groups -OCH3 is 1. The van der Waals surface area contributed by atoms with E-state index >= 15 is 0 Å². The van der Waals surface area contributed by atoms with Crippen molar-refractivity contribution in [3.63, 3.8) is 0 Å². The Hall–Kier alpha value is -1.64. The number of ether oxygens (including phenoxy) is 1. The van der Waals surface area contributed by atoms with Gasteiger partial charge in [0.25, 0.3) is 0 Å². The maximum absolute atomic E-state index is 12.8. The van der Waals surface area contributed by atoms with Gasteiger partial charge in [-0.2, -0.15) is 4.31 Å². The lowest BCUT2D eigenvalue weighted by molar-refractivity contribution is -0.903. The summed E-state index contributed by atoms with van der Waals surface area (Å²) >= 11 is 0. The Morgan fingerprint density at radius 1 is 1.33 bits per heavy atom. The Bertz CT molecular complexity index is 683. The number of piperazine rings is 1. The summed E-state index contributed by atoms with van der Waals surface area (Å²) in [6.45, 7) is 7.30. The molecule has 8 heteroatoms. The van der Waals surface area contributed by atoms with Crippen LogP contribution in [0.1, 0.15) is 20.3 Å². The number of sulfonamides is 1. The highest BCUT2D eigenvalue weighted by Gasteiger charge is 2.30. The van der Waals surface area contributed by atoms with Gasteiger partial charge in [0, 0.05) is 13.0 Å². The molecule has 0 radical (unpaired) electrons. The maximum atomic E-state index is 12.8. The lowest BCUT2D eigenvalue weighted by Crippen LogP contribution is -3.14. The van der Waals surface area contributed by atoms with Crippen LogP contribution in [-0.2, 0) is 14.8 Å². The van der Waals surface area contributed by atoms with Crippen LogP contribution in [-0.4, -0.2) is 58.5 Å². The van der Waals surface area contributed by atoms with Gasteiger partial charge in [-0.25, -0.2) is 8.42 Å². The second-order valence-electron chi connectivity index (χ2n) is 5.95. The summed E-state index contributed by atoms with van der Waals surface area (Å²) < 4.78 is 32.4. The third-order valence-corrected chi connectivity index (χ3v) is 6.05. The fourth-order valence-corrected chi connectivity index (χ4v) is 4.38. The van der Waals surface area contributed by atoms with Crippen LogP contribution in [0.4, 0.5) is 5.69 Å². The van der Waals surface area contributed by atoms with Gasteiger partial charge in [0.2, 0.25) is 15.9 Å². The second-order valence-corrected chi connectivity index (χ2v) is 7.89. The Morgan fingerprint density at radius 2 is 2.00 bits per heavy atom. The molecule has 7 nitrogen and oxygen atoms in total. The molecule has 24 heavy (non-hydrogen) atoms. The third-order valence-electron chi connectivity index (χ3n) is 4.15. The van der Waals surface area contributed by atoms with Crippen molar-refractivity contribution in [2.45, 2.75) is 25.2 Å². The summed E-state index contributed by atoms with van der Waals surface area (Å²) in [7, 11) is -2.10. The Labute approximate surface area is 143 Å². The van der Waals surface area contributed by atoms with Crippen LogP contribution >= 0.6 is 0 Å². The smallest absolute Gasteiger partial charge is 0.243 e. The number of benzene rings is 1. The van der Waals surface area contributed by atoms with Gasteiger partial charge in [0.1, 0.15) is 5.75 Å². The normalized spacial score (nSPS) is 16.8. The van der Waals surface area contributed by atoms with E-state index in [0.29, 0.717) is 24.5 Å². The fourth-order valence-electron chi connectivity index (χ4n) is 2.92. The molecule has 2 rings (SSSR count). The summed E-state index contributed by atoms with van der Waals surface area (Å²) in [5.41, 5.74) is 0.459. The molecule has 1 amide bonds. The first-order valence-electron chi connectivity index (χ1n) is 8.17. The highest BCUT2D eigenvalue weighted by molar-refractivity contribution is 7.89. The van der Waals surface area contributed by atoms with Crippen LogP contribution in [0.2, 0.25) is 0 Å². The van der Waals surface area contributed by atoms with Gasteiger partial charge < -0.3 is 15.0 Å². The number of nitrogens with zero attached hydrogens (tertiary/aromatic N) is 1. The topological polar surface area (TPSA) is 80.2 Å². The summed E-state index contributed by atoms with van der Waals surface area (Å²) in [4.78, 5) is 12.8. The number of hydrogen-bond donors (Lipinski definition) is 2. The van der Waals surface area contributed by atoms with E-state index in [9.17, 15) is 13.2 Å². The molecule has 0 aliphatic carbocycles. The molecule has 1 aliphatic rings. The second kappa shape index (κ2) is 7.96. The number of carbonyl (C=O) groups excluding carboxylic acids is 1. The van der Waals surface area contributed by atoms with Gasteiger partial charge in [0.05, 0.1) is 50.4 Å². The molecule has 1 aliphatic heterocycles. The average Bonchev–Trinajstić information content (AvgIpc) is 2.55. The predicted molar refractivity (Wildman–Crippen MR) is 91.9 cm³/mol. The number of nitrogens with one attached hydrogen (secondary N) is 2. The highest BCUT2D eigenvalue weighted by Crippen LogP contribution is 2.29. The lowest BCUT2D eigenvalue weighted by Gasteiger charge is -2.31. The zero-order chi connectivity index (χ0) is 17.7. The van der Waals surface area contributed by atoms with E-state index in [0.717, 1.165) is 26.1 Å². The van der Waals surface area contributed by atoms with Crippen molar-refractivity contribution in [3.05, 3.63) is 18.2 Å². The van der Waals surface area contributed by atoms with Crippen molar-refractivity contribution in [2.24, 2.45) is 0 Å². The molecule has 0 bridgehead atoms. The van der Waals surface area contributed by atoms with Crippen LogP contribution in [0.25, 0.3) is 0 Å². The number of quaternary nitrogens is 1. The summed E-state index contributed by atoms with van der Waals surface area (Å²) in [5, 5.41) is 2.63. The van der Waals surface area contributed by atoms with Gasteiger partial charge in [-0.1, -0.05) is 6.92 Å². The van der Waals surface area contributed by atoms with Crippen LogP contribution in [0.15, 0.2) is 23.1 Å². The molecule has 1 heterocycles. The van der Waals surface area contributed by atoms with Crippen molar-refractivity contribution in [3.8, 4) is 5.75 Å². The molecular weight excluding hydrogens is 330 g/mol. The molecular formula is C16H26N3O4S+. The van der Waals surface area contributed by atoms with Crippen molar-refractivity contribution < 1.29 is 22.8 Å². The number of rotatable bonds is 6. The number of hydrogen-bond acceptors (Lipinski definition) is 4. The Balaban J connectivity index is 2.19. The third kappa shape index (κ3) is 4.25. The average molecular weight is 356 g/mol. The standard InChI is InChI=1S/C16H25N3O4S/c1-4-7-18-8-10-19(11-9-18)24(21,22)14-5-6-15(17-13(2)20)16(12-14)23-3/h5-6,12H,4,7-11H2,1-3H3,(H,17,20)/p+1. The van der Waals surface area contributed by atoms with E-state index in [1.807, 2.05) is 0 Å². The first-order chi connectivity index (χ1) is 11.4. The van der Waals surface area contributed by atoms with E-state index in [4.69, 9.17) is 4.74 Å². The van der Waals surface area contributed by atoms with E-state index < -0.39 is 10.0 Å². The Morgan fingerprint density at radius 3 is 2.54 bits per heavy atom. The first-order valence-corrected chi connectivity index (χ1v) is 9.61. The van der Waals surface area contributed by atoms with Crippen LogP contribution in [0.3, 0.4) is 0 Å². The molecule has 134 valence electrons. The molecule has 1 aromatic rings. The molecule has 1 saturated heterocycles. The summed E-state index contributed by atoms with van der Waals surface area (Å²) in [6.07, 6.45) is 1.10. The van der Waals surface area contributed by atoms with Crippen molar-refractivity contribution >= 4 is 21.6 Å². The minimum atomic E-state index is -3.55. The molecule has 1 aromatic carbocycles. The Kier molecular flexibility index (Phi) is 6.20. The lowest BCUT2D eigenvalue weighted by atomic mass is 10.3. The number of carbonyl (C=O) groups is 1. The van der Waals surface area contributed by atoms with Gasteiger partial charge in [-0.3, -0.25) is 4.79 Å². The van der Waals surface area contributed by atoms with Gasteiger partial charge in [-0.05, 0) is 18.6 Å². The van der Waals surface area contributed by atoms with Crippen LogP contribution < -0.4 is 15.0 Å². The molecule has 0 aromatic heterocycles. The molecule has 0 atom stereocenters. The number of anilines is 1. The quantitative estimate of drug-likeness (QED) is 0.749. The van der Waals surface area contributed by atoms with Crippen molar-refractivity contribution in [1.29, 1.82) is 0 Å². The molecule has 0 unspecified atom stereocenters. The van der Waals surface area contributed by atoms with E-state index in [1.54, 1.807) is 6.07 Å². The maximum Gasteiger partial charge on any atom is 0.243 e. The van der Waals surface area contributed by atoms with Gasteiger partial charge in [0.15, 0.2) is 0 Å². The fraction of sp³-hybridized carbons (Fsp3) is 0.562. The zero-order valence-electron chi connectivity index (χ0n) is 14.5. The van der Waals surface area contributed by atoms with Crippen molar-refractivity contribution in [2.75, 3.05) is 45.2 Å².